The fraction of sp³-hybridized carbons (Fsp3) is 0.350. The standard InChI is InChI=1S/C20H24N2O2/c1-16-6-5-7-18(14-16)21-20(23)22-12-10-17(15-22)11-13-24-19-8-3-2-4-9-19/h2-9,14,17H,10-13,15H2,1H3,(H,21,23). The molecule has 2 aromatic rings. The number of carbonyl (C=O) groups excluding carboxylic acids is 1. The number of carbonyl (C=O) groups is 1. The van der Waals surface area contributed by atoms with Crippen LogP contribution in [-0.4, -0.2) is 30.6 Å². The number of hydrogen-bond donors (Lipinski definition) is 1. The lowest BCUT2D eigenvalue weighted by Gasteiger charge is -2.18. The first-order valence-corrected chi connectivity index (χ1v) is 8.51. The molecule has 1 heterocycles. The third kappa shape index (κ3) is 4.51. The van der Waals surface area contributed by atoms with Crippen LogP contribution < -0.4 is 10.1 Å². The Labute approximate surface area is 143 Å². The molecule has 1 atom stereocenters. The van der Waals surface area contributed by atoms with Crippen LogP contribution in [0.3, 0.4) is 0 Å². The number of amides is 2. The summed E-state index contributed by atoms with van der Waals surface area (Å²) in [6.07, 6.45) is 2.02. The number of para-hydroxylation sites is 1. The third-order valence-corrected chi connectivity index (χ3v) is 4.38. The minimum absolute atomic E-state index is 0.00734. The largest absolute Gasteiger partial charge is 0.494 e. The molecule has 1 fully saturated rings. The number of likely N-dealkylation sites (tertiary alicyclic amines) is 1. The topological polar surface area (TPSA) is 41.6 Å². The van der Waals surface area contributed by atoms with Crippen molar-refractivity contribution < 1.29 is 9.53 Å². The molecule has 0 radical (unpaired) electrons. The van der Waals surface area contributed by atoms with Crippen LogP contribution in [0.4, 0.5) is 10.5 Å². The van der Waals surface area contributed by atoms with Crippen LogP contribution in [0.5, 0.6) is 5.75 Å². The van der Waals surface area contributed by atoms with Crippen LogP contribution in [0, 0.1) is 12.8 Å². The molecule has 0 spiro atoms. The van der Waals surface area contributed by atoms with Crippen molar-refractivity contribution in [2.45, 2.75) is 19.8 Å². The smallest absolute Gasteiger partial charge is 0.321 e. The van der Waals surface area contributed by atoms with E-state index in [1.165, 1.54) is 0 Å². The molecule has 2 amide bonds. The summed E-state index contributed by atoms with van der Waals surface area (Å²) >= 11 is 0. The predicted octanol–water partition coefficient (Wildman–Crippen LogP) is 4.32. The lowest BCUT2D eigenvalue weighted by atomic mass is 10.1. The normalized spacial score (nSPS) is 16.9. The summed E-state index contributed by atoms with van der Waals surface area (Å²) in [4.78, 5) is 14.2. The average Bonchev–Trinajstić information content (AvgIpc) is 3.05. The molecule has 126 valence electrons. The molecule has 24 heavy (non-hydrogen) atoms. The zero-order valence-electron chi connectivity index (χ0n) is 14.1. The van der Waals surface area contributed by atoms with Crippen molar-refractivity contribution in [2.75, 3.05) is 25.0 Å². The predicted molar refractivity (Wildman–Crippen MR) is 96.4 cm³/mol. The van der Waals surface area contributed by atoms with Gasteiger partial charge in [-0.3, -0.25) is 0 Å². The van der Waals surface area contributed by atoms with Gasteiger partial charge in [-0.25, -0.2) is 4.79 Å². The van der Waals surface area contributed by atoms with E-state index in [-0.39, 0.29) is 6.03 Å². The number of hydrogen-bond acceptors (Lipinski definition) is 2. The van der Waals surface area contributed by atoms with Gasteiger partial charge >= 0.3 is 6.03 Å². The van der Waals surface area contributed by atoms with E-state index >= 15 is 0 Å². The molecule has 1 aliphatic heterocycles. The second-order valence-corrected chi connectivity index (χ2v) is 6.35. The summed E-state index contributed by atoms with van der Waals surface area (Å²) in [7, 11) is 0. The Morgan fingerprint density at radius 3 is 2.83 bits per heavy atom. The molecule has 1 N–H and O–H groups in total. The van der Waals surface area contributed by atoms with E-state index in [1.54, 1.807) is 0 Å². The van der Waals surface area contributed by atoms with E-state index in [2.05, 4.69) is 5.32 Å². The maximum Gasteiger partial charge on any atom is 0.321 e. The summed E-state index contributed by atoms with van der Waals surface area (Å²) < 4.78 is 5.75. The Bertz CT molecular complexity index is 672. The second kappa shape index (κ2) is 7.86. The number of anilines is 1. The van der Waals surface area contributed by atoms with Gasteiger partial charge in [0.2, 0.25) is 0 Å². The van der Waals surface area contributed by atoms with Gasteiger partial charge in [0.05, 0.1) is 6.61 Å². The molecule has 1 unspecified atom stereocenters. The van der Waals surface area contributed by atoms with Crippen LogP contribution in [0.15, 0.2) is 54.6 Å². The number of nitrogens with one attached hydrogen (secondary N) is 1. The summed E-state index contributed by atoms with van der Waals surface area (Å²) in [5.74, 6) is 1.42. The van der Waals surface area contributed by atoms with Crippen molar-refractivity contribution in [3.8, 4) is 5.75 Å². The highest BCUT2D eigenvalue weighted by molar-refractivity contribution is 5.89. The minimum Gasteiger partial charge on any atom is -0.494 e. The van der Waals surface area contributed by atoms with E-state index in [9.17, 15) is 4.79 Å². The fourth-order valence-electron chi connectivity index (χ4n) is 3.04. The Balaban J connectivity index is 1.42. The Kier molecular flexibility index (Phi) is 5.36. The summed E-state index contributed by atoms with van der Waals surface area (Å²) in [6, 6.07) is 17.7. The van der Waals surface area contributed by atoms with Gasteiger partial charge < -0.3 is 15.0 Å². The van der Waals surface area contributed by atoms with Gasteiger partial charge in [0.25, 0.3) is 0 Å². The molecule has 0 aromatic heterocycles. The number of urea groups is 1. The minimum atomic E-state index is -0.00734. The molecular weight excluding hydrogens is 300 g/mol. The number of ether oxygens (including phenoxy) is 1. The quantitative estimate of drug-likeness (QED) is 0.890. The highest BCUT2D eigenvalue weighted by Crippen LogP contribution is 2.21. The van der Waals surface area contributed by atoms with Crippen LogP contribution in [-0.2, 0) is 0 Å². The van der Waals surface area contributed by atoms with E-state index in [0.717, 1.165) is 42.9 Å². The van der Waals surface area contributed by atoms with Crippen LogP contribution in [0.25, 0.3) is 0 Å². The summed E-state index contributed by atoms with van der Waals surface area (Å²) in [5.41, 5.74) is 2.00. The van der Waals surface area contributed by atoms with Gasteiger partial charge in [-0.1, -0.05) is 30.3 Å². The maximum atomic E-state index is 12.4. The fourth-order valence-corrected chi connectivity index (χ4v) is 3.04. The van der Waals surface area contributed by atoms with E-state index in [0.29, 0.717) is 12.5 Å². The number of aryl methyl sites for hydroxylation is 1. The first-order chi connectivity index (χ1) is 11.7. The van der Waals surface area contributed by atoms with Gasteiger partial charge in [-0.05, 0) is 55.5 Å². The lowest BCUT2D eigenvalue weighted by molar-refractivity contribution is 0.218. The van der Waals surface area contributed by atoms with E-state index in [1.807, 2.05) is 66.4 Å². The van der Waals surface area contributed by atoms with Gasteiger partial charge in [0, 0.05) is 18.8 Å². The molecule has 2 aromatic carbocycles. The SMILES string of the molecule is Cc1cccc(NC(=O)N2CCC(CCOc3ccccc3)C2)c1. The van der Waals surface area contributed by atoms with Gasteiger partial charge in [0.1, 0.15) is 5.75 Å². The van der Waals surface area contributed by atoms with Crippen molar-refractivity contribution in [2.24, 2.45) is 5.92 Å². The molecular formula is C20H24N2O2. The average molecular weight is 324 g/mol. The number of nitrogens with zero attached hydrogens (tertiary/aromatic N) is 1. The highest BCUT2D eigenvalue weighted by Gasteiger charge is 2.26. The van der Waals surface area contributed by atoms with E-state index in [4.69, 9.17) is 4.74 Å². The zero-order valence-corrected chi connectivity index (χ0v) is 14.1. The van der Waals surface area contributed by atoms with Gasteiger partial charge in [-0.2, -0.15) is 0 Å². The summed E-state index contributed by atoms with van der Waals surface area (Å²) in [5, 5.41) is 2.98. The number of rotatable bonds is 5. The van der Waals surface area contributed by atoms with Crippen LogP contribution >= 0.6 is 0 Å². The Hall–Kier alpha value is -2.49. The van der Waals surface area contributed by atoms with Gasteiger partial charge in [-0.15, -0.1) is 0 Å². The molecule has 0 bridgehead atoms. The summed E-state index contributed by atoms with van der Waals surface area (Å²) in [6.45, 7) is 4.33. The first-order valence-electron chi connectivity index (χ1n) is 8.51. The highest BCUT2D eigenvalue weighted by atomic mass is 16.5. The van der Waals surface area contributed by atoms with Crippen molar-refractivity contribution >= 4 is 11.7 Å². The van der Waals surface area contributed by atoms with Crippen molar-refractivity contribution in [1.82, 2.24) is 4.90 Å². The third-order valence-electron chi connectivity index (χ3n) is 4.38. The monoisotopic (exact) mass is 324 g/mol. The molecule has 0 saturated carbocycles. The maximum absolute atomic E-state index is 12.4. The lowest BCUT2D eigenvalue weighted by Crippen LogP contribution is -2.33. The molecule has 4 heteroatoms. The zero-order chi connectivity index (χ0) is 16.8. The van der Waals surface area contributed by atoms with Crippen LogP contribution in [0.1, 0.15) is 18.4 Å². The molecule has 1 saturated heterocycles. The van der Waals surface area contributed by atoms with Gasteiger partial charge in [0.15, 0.2) is 0 Å². The second-order valence-electron chi connectivity index (χ2n) is 6.35. The van der Waals surface area contributed by atoms with E-state index < -0.39 is 0 Å². The van der Waals surface area contributed by atoms with Crippen molar-refractivity contribution in [3.05, 3.63) is 60.2 Å². The van der Waals surface area contributed by atoms with Crippen molar-refractivity contribution in [1.29, 1.82) is 0 Å². The first kappa shape index (κ1) is 16.4. The Morgan fingerprint density at radius 1 is 1.21 bits per heavy atom. The molecule has 0 aliphatic carbocycles. The molecule has 3 rings (SSSR count). The molecule has 1 aliphatic rings. The number of benzene rings is 2. The molecule has 4 nitrogen and oxygen atoms in total. The van der Waals surface area contributed by atoms with Crippen LogP contribution in [0.2, 0.25) is 0 Å². The Morgan fingerprint density at radius 2 is 2.04 bits per heavy atom. The van der Waals surface area contributed by atoms with Crippen molar-refractivity contribution in [3.63, 3.8) is 0 Å².